The SMILES string of the molecule is CCCCOc1cc(OC)c(-c2coc3cc4c(c(OCCCC)c3c2=O)CCC(C)(C)O4)cc1OC. The van der Waals surface area contributed by atoms with E-state index < -0.39 is 0 Å². The lowest BCUT2D eigenvalue weighted by Crippen LogP contribution is -2.33. The van der Waals surface area contributed by atoms with Gasteiger partial charge in [0.25, 0.3) is 0 Å². The van der Waals surface area contributed by atoms with Crippen molar-refractivity contribution in [2.24, 2.45) is 0 Å². The second-order valence-corrected chi connectivity index (χ2v) is 10.0. The lowest BCUT2D eigenvalue weighted by Gasteiger charge is -2.33. The van der Waals surface area contributed by atoms with Crippen LogP contribution in [0.1, 0.15) is 65.4 Å². The molecule has 0 radical (unpaired) electrons. The van der Waals surface area contributed by atoms with Crippen LogP contribution in [0.2, 0.25) is 0 Å². The molecule has 37 heavy (non-hydrogen) atoms. The van der Waals surface area contributed by atoms with E-state index in [9.17, 15) is 4.79 Å². The largest absolute Gasteiger partial charge is 0.496 e. The van der Waals surface area contributed by atoms with Crippen LogP contribution in [0.25, 0.3) is 22.1 Å². The topological polar surface area (TPSA) is 76.4 Å². The first-order valence-corrected chi connectivity index (χ1v) is 13.2. The van der Waals surface area contributed by atoms with Gasteiger partial charge in [-0.15, -0.1) is 0 Å². The summed E-state index contributed by atoms with van der Waals surface area (Å²) in [4.78, 5) is 14.1. The Balaban J connectivity index is 1.89. The molecular formula is C30H38O7. The van der Waals surface area contributed by atoms with Crippen LogP contribution in [0.4, 0.5) is 0 Å². The molecule has 200 valence electrons. The fourth-order valence-electron chi connectivity index (χ4n) is 4.56. The number of fused-ring (bicyclic) bond motifs is 2. The molecule has 3 aromatic rings. The summed E-state index contributed by atoms with van der Waals surface area (Å²) < 4.78 is 35.7. The van der Waals surface area contributed by atoms with Crippen molar-refractivity contribution in [1.29, 1.82) is 0 Å². The van der Waals surface area contributed by atoms with Gasteiger partial charge >= 0.3 is 0 Å². The third-order valence-corrected chi connectivity index (χ3v) is 6.72. The Kier molecular flexibility index (Phi) is 8.20. The highest BCUT2D eigenvalue weighted by molar-refractivity contribution is 5.91. The fraction of sp³-hybridized carbons (Fsp3) is 0.500. The summed E-state index contributed by atoms with van der Waals surface area (Å²) in [5.41, 5.74) is 1.78. The molecule has 7 nitrogen and oxygen atoms in total. The van der Waals surface area contributed by atoms with Crippen LogP contribution >= 0.6 is 0 Å². The van der Waals surface area contributed by atoms with Gasteiger partial charge in [-0.25, -0.2) is 0 Å². The van der Waals surface area contributed by atoms with E-state index in [2.05, 4.69) is 27.7 Å². The maximum Gasteiger partial charge on any atom is 0.204 e. The van der Waals surface area contributed by atoms with Gasteiger partial charge in [0.1, 0.15) is 40.1 Å². The van der Waals surface area contributed by atoms with Crippen molar-refractivity contribution in [1.82, 2.24) is 0 Å². The zero-order chi connectivity index (χ0) is 26.6. The number of unbranched alkanes of at least 4 members (excludes halogenated alkanes) is 2. The van der Waals surface area contributed by atoms with Gasteiger partial charge in [-0.3, -0.25) is 4.79 Å². The molecule has 2 heterocycles. The van der Waals surface area contributed by atoms with Crippen molar-refractivity contribution >= 4 is 11.0 Å². The van der Waals surface area contributed by atoms with Crippen LogP contribution in [-0.4, -0.2) is 33.0 Å². The highest BCUT2D eigenvalue weighted by Crippen LogP contribution is 2.44. The van der Waals surface area contributed by atoms with Gasteiger partial charge in [0.15, 0.2) is 11.5 Å². The van der Waals surface area contributed by atoms with Crippen molar-refractivity contribution in [2.75, 3.05) is 27.4 Å². The van der Waals surface area contributed by atoms with Crippen LogP contribution in [0.3, 0.4) is 0 Å². The summed E-state index contributed by atoms with van der Waals surface area (Å²) in [6.07, 6.45) is 6.86. The van der Waals surface area contributed by atoms with Gasteiger partial charge in [-0.05, 0) is 45.6 Å². The van der Waals surface area contributed by atoms with Gasteiger partial charge < -0.3 is 28.1 Å². The molecule has 0 unspecified atom stereocenters. The number of benzene rings is 2. The predicted molar refractivity (Wildman–Crippen MR) is 145 cm³/mol. The number of hydrogen-bond acceptors (Lipinski definition) is 7. The Hall–Kier alpha value is -3.35. The Morgan fingerprint density at radius 2 is 1.59 bits per heavy atom. The normalized spacial score (nSPS) is 14.1. The zero-order valence-corrected chi connectivity index (χ0v) is 22.8. The Morgan fingerprint density at radius 1 is 0.892 bits per heavy atom. The molecule has 1 aliphatic heterocycles. The van der Waals surface area contributed by atoms with Crippen LogP contribution in [0.5, 0.6) is 28.7 Å². The first kappa shape index (κ1) is 26.7. The molecule has 0 amide bonds. The molecule has 1 aromatic heterocycles. The van der Waals surface area contributed by atoms with E-state index in [0.717, 1.165) is 44.1 Å². The van der Waals surface area contributed by atoms with E-state index >= 15 is 0 Å². The number of rotatable bonds is 11. The molecule has 0 aliphatic carbocycles. The Morgan fingerprint density at radius 3 is 2.27 bits per heavy atom. The lowest BCUT2D eigenvalue weighted by molar-refractivity contribution is 0.0835. The monoisotopic (exact) mass is 510 g/mol. The minimum atomic E-state index is -0.299. The summed E-state index contributed by atoms with van der Waals surface area (Å²) in [6.45, 7) is 9.41. The van der Waals surface area contributed by atoms with E-state index in [1.807, 2.05) is 6.07 Å². The number of methoxy groups -OCH3 is 2. The van der Waals surface area contributed by atoms with E-state index in [4.69, 9.17) is 28.1 Å². The van der Waals surface area contributed by atoms with Gasteiger partial charge in [-0.2, -0.15) is 0 Å². The molecule has 0 N–H and O–H groups in total. The minimum absolute atomic E-state index is 0.194. The maximum absolute atomic E-state index is 14.1. The van der Waals surface area contributed by atoms with Crippen molar-refractivity contribution in [3.05, 3.63) is 40.2 Å². The zero-order valence-electron chi connectivity index (χ0n) is 22.8. The van der Waals surface area contributed by atoms with E-state index in [1.54, 1.807) is 26.4 Å². The van der Waals surface area contributed by atoms with Gasteiger partial charge in [0.05, 0.1) is 33.0 Å². The van der Waals surface area contributed by atoms with Gasteiger partial charge in [0.2, 0.25) is 5.43 Å². The molecule has 2 aromatic carbocycles. The summed E-state index contributed by atoms with van der Waals surface area (Å²) in [5, 5.41) is 0.417. The highest BCUT2D eigenvalue weighted by Gasteiger charge is 2.31. The third-order valence-electron chi connectivity index (χ3n) is 6.72. The molecule has 0 saturated heterocycles. The smallest absolute Gasteiger partial charge is 0.204 e. The molecule has 1 aliphatic rings. The molecular weight excluding hydrogens is 472 g/mol. The summed E-state index contributed by atoms with van der Waals surface area (Å²) in [6, 6.07) is 5.33. The summed E-state index contributed by atoms with van der Waals surface area (Å²) in [5.74, 6) is 2.85. The Labute approximate surface area is 218 Å². The fourth-order valence-corrected chi connectivity index (χ4v) is 4.56. The molecule has 0 saturated carbocycles. The molecule has 0 bridgehead atoms. The second kappa shape index (κ2) is 11.4. The lowest BCUT2D eigenvalue weighted by atomic mass is 9.92. The highest BCUT2D eigenvalue weighted by atomic mass is 16.5. The summed E-state index contributed by atoms with van der Waals surface area (Å²) in [7, 11) is 3.15. The Bertz CT molecular complexity index is 1310. The van der Waals surface area contributed by atoms with Crippen LogP contribution in [-0.2, 0) is 6.42 Å². The standard InChI is InChI=1S/C30H38O7/c1-7-9-13-34-25-16-22(32-5)20(15-24(25)33-6)21-18-36-26-17-23-19(11-12-30(3,4)37-23)29(27(26)28(21)31)35-14-10-8-2/h15-18H,7-14H2,1-6H3. The van der Waals surface area contributed by atoms with E-state index in [0.29, 0.717) is 64.1 Å². The molecule has 7 heteroatoms. The van der Waals surface area contributed by atoms with Crippen LogP contribution in [0, 0.1) is 0 Å². The molecule has 0 spiro atoms. The average molecular weight is 511 g/mol. The van der Waals surface area contributed by atoms with Crippen molar-refractivity contribution < 1.29 is 28.1 Å². The quantitative estimate of drug-likeness (QED) is 0.259. The van der Waals surface area contributed by atoms with E-state index in [1.165, 1.54) is 6.26 Å². The predicted octanol–water partition coefficient (Wildman–Crippen LogP) is 6.94. The van der Waals surface area contributed by atoms with Crippen LogP contribution in [0.15, 0.2) is 33.7 Å². The second-order valence-electron chi connectivity index (χ2n) is 10.0. The van der Waals surface area contributed by atoms with Crippen molar-refractivity contribution in [3.63, 3.8) is 0 Å². The molecule has 0 atom stereocenters. The number of ether oxygens (including phenoxy) is 5. The van der Waals surface area contributed by atoms with Crippen LogP contribution < -0.4 is 29.1 Å². The molecule has 0 fully saturated rings. The number of hydrogen-bond donors (Lipinski definition) is 0. The third kappa shape index (κ3) is 5.50. The van der Waals surface area contributed by atoms with Crippen molar-refractivity contribution in [3.8, 4) is 39.9 Å². The minimum Gasteiger partial charge on any atom is -0.496 e. The average Bonchev–Trinajstić information content (AvgIpc) is 2.88. The molecule has 4 rings (SSSR count). The van der Waals surface area contributed by atoms with E-state index in [-0.39, 0.29) is 11.0 Å². The first-order chi connectivity index (χ1) is 17.8. The van der Waals surface area contributed by atoms with Gasteiger partial charge in [0, 0.05) is 23.3 Å². The summed E-state index contributed by atoms with van der Waals surface area (Å²) >= 11 is 0. The van der Waals surface area contributed by atoms with Gasteiger partial charge in [-0.1, -0.05) is 26.7 Å². The maximum atomic E-state index is 14.1. The first-order valence-electron chi connectivity index (χ1n) is 13.2. The van der Waals surface area contributed by atoms with Crippen molar-refractivity contribution in [2.45, 2.75) is 71.8 Å².